The van der Waals surface area contributed by atoms with Crippen LogP contribution in [0.25, 0.3) is 10.9 Å². The fourth-order valence-corrected chi connectivity index (χ4v) is 3.01. The minimum absolute atomic E-state index is 0.0295. The van der Waals surface area contributed by atoms with Crippen LogP contribution in [0.2, 0.25) is 0 Å². The number of para-hydroxylation sites is 1. The monoisotopic (exact) mass is 410 g/mol. The van der Waals surface area contributed by atoms with E-state index in [-0.39, 0.29) is 36.0 Å². The molecule has 3 aromatic rings. The maximum atomic E-state index is 12.4. The van der Waals surface area contributed by atoms with Gasteiger partial charge in [0.1, 0.15) is 6.54 Å². The van der Waals surface area contributed by atoms with Crippen LogP contribution < -0.4 is 0 Å². The van der Waals surface area contributed by atoms with Crippen LogP contribution in [0.15, 0.2) is 52.7 Å². The Labute approximate surface area is 170 Å². The number of aromatic nitrogens is 1. The van der Waals surface area contributed by atoms with E-state index in [0.717, 1.165) is 0 Å². The van der Waals surface area contributed by atoms with Gasteiger partial charge in [0.2, 0.25) is 5.88 Å². The summed E-state index contributed by atoms with van der Waals surface area (Å²) in [5.74, 6) is -1.59. The van der Waals surface area contributed by atoms with Crippen molar-refractivity contribution in [3.63, 3.8) is 0 Å². The van der Waals surface area contributed by atoms with Crippen molar-refractivity contribution in [1.82, 2.24) is 4.57 Å². The van der Waals surface area contributed by atoms with Gasteiger partial charge in [0.05, 0.1) is 17.0 Å². The highest BCUT2D eigenvalue weighted by molar-refractivity contribution is 5.98. The van der Waals surface area contributed by atoms with Crippen molar-refractivity contribution < 1.29 is 24.4 Å². The first kappa shape index (κ1) is 20.6. The summed E-state index contributed by atoms with van der Waals surface area (Å²) in [6, 6.07) is 10.7. The van der Waals surface area contributed by atoms with E-state index in [9.17, 15) is 24.8 Å². The van der Waals surface area contributed by atoms with E-state index in [4.69, 9.17) is 4.74 Å². The van der Waals surface area contributed by atoms with Crippen molar-refractivity contribution in [2.75, 3.05) is 6.61 Å². The Morgan fingerprint density at radius 2 is 1.97 bits per heavy atom. The van der Waals surface area contributed by atoms with Crippen LogP contribution in [0.1, 0.15) is 22.8 Å². The number of nitro groups is 1. The Balaban J connectivity index is 1.95. The first-order valence-corrected chi connectivity index (χ1v) is 9.00. The number of carbonyl (C=O) groups excluding carboxylic acids is 2. The molecule has 1 aromatic heterocycles. The summed E-state index contributed by atoms with van der Waals surface area (Å²) in [7, 11) is 0. The zero-order valence-electron chi connectivity index (χ0n) is 16.2. The molecule has 0 bridgehead atoms. The van der Waals surface area contributed by atoms with E-state index >= 15 is 0 Å². The molecular formula is C20H18N4O6. The molecule has 0 fully saturated rings. The predicted octanol–water partition coefficient (Wildman–Crippen LogP) is 4.05. The molecular weight excluding hydrogens is 392 g/mol. The highest BCUT2D eigenvalue weighted by atomic mass is 16.6. The standard InChI is InChI=1S/C20H18N4O6/c1-3-30-17(25)11-23-16-7-5-4-6-14(16)18(20(23)27)21-22-19(26)13-8-9-15(24(28)29)12(2)10-13/h4-10,27H,3,11H2,1-2H3. The second-order valence-corrected chi connectivity index (χ2v) is 6.34. The van der Waals surface area contributed by atoms with Crippen LogP contribution in [-0.2, 0) is 16.1 Å². The van der Waals surface area contributed by atoms with Crippen LogP contribution in [0.3, 0.4) is 0 Å². The smallest absolute Gasteiger partial charge is 0.326 e. The van der Waals surface area contributed by atoms with Gasteiger partial charge in [0, 0.05) is 22.6 Å². The molecule has 10 nitrogen and oxygen atoms in total. The third-order valence-electron chi connectivity index (χ3n) is 4.39. The highest BCUT2D eigenvalue weighted by Crippen LogP contribution is 2.38. The van der Waals surface area contributed by atoms with E-state index in [2.05, 4.69) is 10.2 Å². The SMILES string of the molecule is CCOC(=O)Cn1c(O)c(N=NC(=O)c2ccc([N+](=O)[O-])c(C)c2)c2ccccc21. The molecule has 1 N–H and O–H groups in total. The summed E-state index contributed by atoms with van der Waals surface area (Å²) < 4.78 is 6.25. The zero-order valence-corrected chi connectivity index (χ0v) is 16.2. The first-order chi connectivity index (χ1) is 14.3. The number of carbonyl (C=O) groups is 2. The van der Waals surface area contributed by atoms with Crippen LogP contribution in [-0.4, -0.2) is 33.1 Å². The molecule has 0 aliphatic rings. The van der Waals surface area contributed by atoms with Crippen molar-refractivity contribution in [3.05, 3.63) is 63.7 Å². The molecule has 0 aliphatic heterocycles. The van der Waals surface area contributed by atoms with E-state index in [1.165, 1.54) is 29.7 Å². The van der Waals surface area contributed by atoms with Crippen molar-refractivity contribution in [1.29, 1.82) is 0 Å². The number of hydrogen-bond acceptors (Lipinski definition) is 7. The molecule has 1 heterocycles. The van der Waals surface area contributed by atoms with Crippen molar-refractivity contribution >= 4 is 34.2 Å². The minimum Gasteiger partial charge on any atom is -0.493 e. The van der Waals surface area contributed by atoms with Gasteiger partial charge in [0.25, 0.3) is 11.6 Å². The van der Waals surface area contributed by atoms with E-state index < -0.39 is 16.8 Å². The zero-order chi connectivity index (χ0) is 21.8. The lowest BCUT2D eigenvalue weighted by Gasteiger charge is -2.06. The minimum atomic E-state index is -0.727. The summed E-state index contributed by atoms with van der Waals surface area (Å²) in [5.41, 5.74) is 0.882. The Hall–Kier alpha value is -4.08. The number of hydrogen-bond donors (Lipinski definition) is 1. The number of fused-ring (bicyclic) bond motifs is 1. The summed E-state index contributed by atoms with van der Waals surface area (Å²) in [6.45, 7) is 3.16. The summed E-state index contributed by atoms with van der Waals surface area (Å²) in [5, 5.41) is 29.5. The van der Waals surface area contributed by atoms with E-state index in [1.807, 2.05) is 0 Å². The molecule has 3 rings (SSSR count). The summed E-state index contributed by atoms with van der Waals surface area (Å²) >= 11 is 0. The lowest BCUT2D eigenvalue weighted by Crippen LogP contribution is -2.12. The van der Waals surface area contributed by atoms with Gasteiger partial charge in [-0.25, -0.2) is 0 Å². The van der Waals surface area contributed by atoms with Gasteiger partial charge in [-0.2, -0.15) is 0 Å². The Bertz CT molecular complexity index is 1180. The molecule has 0 saturated heterocycles. The quantitative estimate of drug-likeness (QED) is 0.282. The van der Waals surface area contributed by atoms with Crippen LogP contribution >= 0.6 is 0 Å². The number of aromatic hydroxyl groups is 1. The van der Waals surface area contributed by atoms with Gasteiger partial charge in [-0.05, 0) is 32.0 Å². The average Bonchev–Trinajstić information content (AvgIpc) is 2.97. The van der Waals surface area contributed by atoms with Crippen molar-refractivity contribution in [2.45, 2.75) is 20.4 Å². The van der Waals surface area contributed by atoms with Crippen molar-refractivity contribution in [3.8, 4) is 5.88 Å². The molecule has 154 valence electrons. The van der Waals surface area contributed by atoms with E-state index in [1.54, 1.807) is 31.2 Å². The molecule has 0 aliphatic carbocycles. The van der Waals surface area contributed by atoms with Gasteiger partial charge >= 0.3 is 5.97 Å². The lowest BCUT2D eigenvalue weighted by atomic mass is 10.1. The molecule has 0 saturated carbocycles. The van der Waals surface area contributed by atoms with E-state index in [0.29, 0.717) is 16.5 Å². The second kappa shape index (κ2) is 8.52. The molecule has 0 unspecified atom stereocenters. The highest BCUT2D eigenvalue weighted by Gasteiger charge is 2.19. The van der Waals surface area contributed by atoms with Crippen LogP contribution in [0, 0.1) is 17.0 Å². The predicted molar refractivity (Wildman–Crippen MR) is 107 cm³/mol. The molecule has 1 amide bonds. The molecule has 10 heteroatoms. The first-order valence-electron chi connectivity index (χ1n) is 9.00. The number of esters is 1. The number of rotatable bonds is 6. The van der Waals surface area contributed by atoms with Gasteiger partial charge in [0.15, 0.2) is 5.69 Å². The third-order valence-corrected chi connectivity index (χ3v) is 4.39. The topological polar surface area (TPSA) is 136 Å². The molecule has 0 atom stereocenters. The van der Waals surface area contributed by atoms with Gasteiger partial charge in [-0.15, -0.1) is 10.2 Å². The number of ether oxygens (including phenoxy) is 1. The van der Waals surface area contributed by atoms with Crippen LogP contribution in [0.4, 0.5) is 11.4 Å². The Kier molecular flexibility index (Phi) is 5.86. The molecule has 30 heavy (non-hydrogen) atoms. The summed E-state index contributed by atoms with van der Waals surface area (Å²) in [6.07, 6.45) is 0. The van der Waals surface area contributed by atoms with Gasteiger partial charge in [-0.1, -0.05) is 18.2 Å². The molecule has 0 spiro atoms. The normalized spacial score (nSPS) is 11.1. The number of aryl methyl sites for hydroxylation is 1. The average molecular weight is 410 g/mol. The summed E-state index contributed by atoms with van der Waals surface area (Å²) in [4.78, 5) is 34.6. The number of amides is 1. The number of benzene rings is 2. The lowest BCUT2D eigenvalue weighted by molar-refractivity contribution is -0.385. The fraction of sp³-hybridized carbons (Fsp3) is 0.200. The number of nitrogens with zero attached hydrogens (tertiary/aromatic N) is 4. The Morgan fingerprint density at radius 1 is 1.23 bits per heavy atom. The number of azo groups is 1. The second-order valence-electron chi connectivity index (χ2n) is 6.34. The largest absolute Gasteiger partial charge is 0.493 e. The molecule has 2 aromatic carbocycles. The van der Waals surface area contributed by atoms with Crippen molar-refractivity contribution in [2.24, 2.45) is 10.2 Å². The molecule has 0 radical (unpaired) electrons. The van der Waals surface area contributed by atoms with Gasteiger partial charge in [-0.3, -0.25) is 24.3 Å². The van der Waals surface area contributed by atoms with Gasteiger partial charge < -0.3 is 9.84 Å². The fourth-order valence-electron chi connectivity index (χ4n) is 3.01. The van der Waals surface area contributed by atoms with Crippen LogP contribution in [0.5, 0.6) is 5.88 Å². The maximum Gasteiger partial charge on any atom is 0.326 e. The number of nitro benzene ring substituents is 1. The Morgan fingerprint density at radius 3 is 2.63 bits per heavy atom. The maximum absolute atomic E-state index is 12.4. The third kappa shape index (κ3) is 4.02.